The highest BCUT2D eigenvalue weighted by molar-refractivity contribution is 5.40. The van der Waals surface area contributed by atoms with Crippen molar-refractivity contribution in [2.75, 3.05) is 18.5 Å². The van der Waals surface area contributed by atoms with Crippen molar-refractivity contribution in [1.29, 1.82) is 0 Å². The monoisotopic (exact) mass is 314 g/mol. The molecule has 1 saturated carbocycles. The molecule has 2 aromatic heterocycles. The second-order valence-electron chi connectivity index (χ2n) is 6.67. The van der Waals surface area contributed by atoms with Gasteiger partial charge in [-0.15, -0.1) is 0 Å². The number of nitrogens with two attached hydrogens (primary N) is 1. The normalized spacial score (nSPS) is 20.3. The topological polar surface area (TPSA) is 72.9 Å². The summed E-state index contributed by atoms with van der Waals surface area (Å²) in [6.45, 7) is 2.93. The molecule has 0 unspecified atom stereocenters. The maximum Gasteiger partial charge on any atom is 0.132 e. The minimum atomic E-state index is 0.343. The molecule has 2 N–H and O–H groups in total. The van der Waals surface area contributed by atoms with Gasteiger partial charge in [0.15, 0.2) is 0 Å². The molecule has 1 fully saturated rings. The van der Waals surface area contributed by atoms with Gasteiger partial charge in [-0.2, -0.15) is 5.10 Å². The lowest BCUT2D eigenvalue weighted by atomic mass is 9.78. The van der Waals surface area contributed by atoms with Crippen LogP contribution in [-0.4, -0.2) is 39.4 Å². The zero-order valence-electron chi connectivity index (χ0n) is 14.2. The Morgan fingerprint density at radius 3 is 2.78 bits per heavy atom. The van der Waals surface area contributed by atoms with Crippen LogP contribution in [-0.2, 0) is 13.5 Å². The summed E-state index contributed by atoms with van der Waals surface area (Å²) in [5, 5.41) is 4.21. The van der Waals surface area contributed by atoms with Gasteiger partial charge in [0, 0.05) is 50.6 Å². The quantitative estimate of drug-likeness (QED) is 0.880. The highest BCUT2D eigenvalue weighted by Crippen LogP contribution is 2.35. The number of hydrogen-bond acceptors (Lipinski definition) is 5. The Bertz CT molecular complexity index is 659. The van der Waals surface area contributed by atoms with E-state index in [2.05, 4.69) is 39.3 Å². The van der Waals surface area contributed by atoms with Crippen LogP contribution in [0.2, 0.25) is 0 Å². The van der Waals surface area contributed by atoms with Gasteiger partial charge in [-0.05, 0) is 38.2 Å². The summed E-state index contributed by atoms with van der Waals surface area (Å²) in [7, 11) is 4.05. The molecule has 0 amide bonds. The van der Waals surface area contributed by atoms with Crippen LogP contribution >= 0.6 is 0 Å². The number of aryl methyl sites for hydroxylation is 3. The van der Waals surface area contributed by atoms with E-state index in [-0.39, 0.29) is 0 Å². The molecule has 0 atom stereocenters. The maximum atomic E-state index is 5.90. The Morgan fingerprint density at radius 1 is 1.35 bits per heavy atom. The summed E-state index contributed by atoms with van der Waals surface area (Å²) in [4.78, 5) is 11.4. The van der Waals surface area contributed by atoms with Crippen LogP contribution in [0, 0.1) is 6.92 Å². The lowest BCUT2D eigenvalue weighted by molar-refractivity contribution is 0.344. The molecule has 1 aliphatic rings. The van der Waals surface area contributed by atoms with E-state index >= 15 is 0 Å². The molecule has 2 aromatic rings. The van der Waals surface area contributed by atoms with E-state index in [1.165, 1.54) is 5.56 Å². The van der Waals surface area contributed by atoms with Crippen LogP contribution in [0.25, 0.3) is 0 Å². The Hall–Kier alpha value is -1.95. The molecule has 2 heterocycles. The van der Waals surface area contributed by atoms with Gasteiger partial charge in [0.25, 0.3) is 0 Å². The van der Waals surface area contributed by atoms with Crippen molar-refractivity contribution in [3.05, 3.63) is 35.5 Å². The van der Waals surface area contributed by atoms with Crippen molar-refractivity contribution in [3.8, 4) is 0 Å². The third kappa shape index (κ3) is 3.88. The molecule has 124 valence electrons. The number of anilines is 1. The van der Waals surface area contributed by atoms with Crippen LogP contribution in [0.15, 0.2) is 18.5 Å². The first-order valence-corrected chi connectivity index (χ1v) is 8.31. The van der Waals surface area contributed by atoms with Gasteiger partial charge in [-0.1, -0.05) is 0 Å². The second-order valence-corrected chi connectivity index (χ2v) is 6.67. The van der Waals surface area contributed by atoms with E-state index in [0.29, 0.717) is 12.0 Å². The molecule has 1 aliphatic carbocycles. The standard InChI is InChI=1S/C17H26N6/c1-12-20-16(14-7-15(18)8-14)9-17(21-12)22(2)6-4-5-13-10-19-23(3)11-13/h9-11,14-15H,4-8,18H2,1-3H3. The zero-order valence-corrected chi connectivity index (χ0v) is 14.2. The van der Waals surface area contributed by atoms with E-state index in [0.717, 1.165) is 49.6 Å². The zero-order chi connectivity index (χ0) is 16.4. The van der Waals surface area contributed by atoms with E-state index < -0.39 is 0 Å². The van der Waals surface area contributed by atoms with E-state index in [1.807, 2.05) is 24.9 Å². The number of aromatic nitrogens is 4. The first kappa shape index (κ1) is 15.9. The maximum absolute atomic E-state index is 5.90. The lowest BCUT2D eigenvalue weighted by Crippen LogP contribution is -2.35. The SMILES string of the molecule is Cc1nc(C2CC(N)C2)cc(N(C)CCCc2cnn(C)c2)n1. The average molecular weight is 314 g/mol. The molecular weight excluding hydrogens is 288 g/mol. The summed E-state index contributed by atoms with van der Waals surface area (Å²) >= 11 is 0. The largest absolute Gasteiger partial charge is 0.360 e. The summed E-state index contributed by atoms with van der Waals surface area (Å²) in [5.41, 5.74) is 8.33. The van der Waals surface area contributed by atoms with Crippen LogP contribution in [0.4, 0.5) is 5.82 Å². The average Bonchev–Trinajstić information content (AvgIpc) is 2.88. The van der Waals surface area contributed by atoms with Gasteiger partial charge in [0.05, 0.1) is 6.20 Å². The molecule has 0 aliphatic heterocycles. The van der Waals surface area contributed by atoms with Gasteiger partial charge in [0.1, 0.15) is 11.6 Å². The van der Waals surface area contributed by atoms with Crippen molar-refractivity contribution in [2.45, 2.75) is 44.6 Å². The molecule has 0 spiro atoms. The molecule has 0 bridgehead atoms. The first-order valence-electron chi connectivity index (χ1n) is 8.31. The van der Waals surface area contributed by atoms with Crippen LogP contribution < -0.4 is 10.6 Å². The molecule has 0 aromatic carbocycles. The number of hydrogen-bond donors (Lipinski definition) is 1. The van der Waals surface area contributed by atoms with Gasteiger partial charge < -0.3 is 10.6 Å². The van der Waals surface area contributed by atoms with Gasteiger partial charge >= 0.3 is 0 Å². The van der Waals surface area contributed by atoms with Crippen molar-refractivity contribution < 1.29 is 0 Å². The highest BCUT2D eigenvalue weighted by Gasteiger charge is 2.29. The summed E-state index contributed by atoms with van der Waals surface area (Å²) < 4.78 is 1.85. The van der Waals surface area contributed by atoms with Gasteiger partial charge in [0.2, 0.25) is 0 Å². The number of rotatable bonds is 6. The molecule has 23 heavy (non-hydrogen) atoms. The second kappa shape index (κ2) is 6.66. The fourth-order valence-electron chi connectivity index (χ4n) is 3.12. The summed E-state index contributed by atoms with van der Waals surface area (Å²) in [6.07, 6.45) is 8.21. The van der Waals surface area contributed by atoms with E-state index in [4.69, 9.17) is 5.73 Å². The predicted molar refractivity (Wildman–Crippen MR) is 91.5 cm³/mol. The van der Waals surface area contributed by atoms with Crippen LogP contribution in [0.3, 0.4) is 0 Å². The lowest BCUT2D eigenvalue weighted by Gasteiger charge is -2.32. The predicted octanol–water partition coefficient (Wildman–Crippen LogP) is 1.79. The summed E-state index contributed by atoms with van der Waals surface area (Å²) in [6, 6.07) is 2.48. The molecule has 3 rings (SSSR count). The third-order valence-corrected chi connectivity index (χ3v) is 4.55. The van der Waals surface area contributed by atoms with Gasteiger partial charge in [-0.3, -0.25) is 4.68 Å². The Balaban J connectivity index is 1.59. The molecule has 6 heteroatoms. The van der Waals surface area contributed by atoms with Crippen molar-refractivity contribution in [3.63, 3.8) is 0 Å². The Morgan fingerprint density at radius 2 is 2.13 bits per heavy atom. The summed E-state index contributed by atoms with van der Waals surface area (Å²) in [5.74, 6) is 2.37. The fourth-order valence-corrected chi connectivity index (χ4v) is 3.12. The van der Waals surface area contributed by atoms with Crippen molar-refractivity contribution >= 4 is 5.82 Å². The molecule has 0 saturated heterocycles. The minimum absolute atomic E-state index is 0.343. The molecule has 6 nitrogen and oxygen atoms in total. The Labute approximate surface area is 137 Å². The third-order valence-electron chi connectivity index (χ3n) is 4.55. The van der Waals surface area contributed by atoms with Crippen LogP contribution in [0.5, 0.6) is 0 Å². The van der Waals surface area contributed by atoms with E-state index in [9.17, 15) is 0 Å². The highest BCUT2D eigenvalue weighted by atomic mass is 15.2. The smallest absolute Gasteiger partial charge is 0.132 e. The van der Waals surface area contributed by atoms with Gasteiger partial charge in [-0.25, -0.2) is 9.97 Å². The van der Waals surface area contributed by atoms with Crippen molar-refractivity contribution in [2.24, 2.45) is 12.8 Å². The van der Waals surface area contributed by atoms with E-state index in [1.54, 1.807) is 0 Å². The first-order chi connectivity index (χ1) is 11.0. The van der Waals surface area contributed by atoms with Crippen LogP contribution in [0.1, 0.15) is 42.3 Å². The number of nitrogens with zero attached hydrogens (tertiary/aromatic N) is 5. The van der Waals surface area contributed by atoms with Crippen molar-refractivity contribution in [1.82, 2.24) is 19.7 Å². The minimum Gasteiger partial charge on any atom is -0.360 e. The fraction of sp³-hybridized carbons (Fsp3) is 0.588. The Kier molecular flexibility index (Phi) is 4.61. The molecule has 0 radical (unpaired) electrons. The molecular formula is C17H26N6.